The first-order valence-electron chi connectivity index (χ1n) is 7.64. The highest BCUT2D eigenvalue weighted by Gasteiger charge is 2.07. The maximum absolute atomic E-state index is 10.8. The number of rotatable bonds is 5. The Hall–Kier alpha value is -3.06. The first kappa shape index (κ1) is 17.3. The second-order valence-electron chi connectivity index (χ2n) is 5.82. The van der Waals surface area contributed by atoms with E-state index in [1.54, 1.807) is 30.3 Å². The molecule has 0 unspecified atom stereocenters. The van der Waals surface area contributed by atoms with Crippen molar-refractivity contribution in [3.05, 3.63) is 64.7 Å². The molecule has 2 rings (SSSR count). The molecular weight excluding hydrogens is 302 g/mol. The van der Waals surface area contributed by atoms with Crippen molar-refractivity contribution in [3.8, 4) is 17.6 Å². The zero-order chi connectivity index (χ0) is 17.7. The number of ether oxygens (including phenoxy) is 1. The smallest absolute Gasteiger partial charge is 0.346 e. The van der Waals surface area contributed by atoms with Gasteiger partial charge in [0.2, 0.25) is 0 Å². The summed E-state index contributed by atoms with van der Waals surface area (Å²) >= 11 is 0. The highest BCUT2D eigenvalue weighted by molar-refractivity contribution is 5.96. The van der Waals surface area contributed by atoms with Crippen molar-refractivity contribution in [2.75, 3.05) is 0 Å². The molecule has 4 heteroatoms. The molecule has 2 aromatic carbocycles. The second kappa shape index (κ2) is 7.47. The monoisotopic (exact) mass is 321 g/mol. The number of carboxylic acids is 1. The molecule has 4 nitrogen and oxygen atoms in total. The normalized spacial score (nSPS) is 11.2. The van der Waals surface area contributed by atoms with E-state index in [-0.39, 0.29) is 5.57 Å². The number of benzene rings is 2. The predicted octanol–water partition coefficient (Wildman–Crippen LogP) is 4.90. The first-order chi connectivity index (χ1) is 11.4. The lowest BCUT2D eigenvalue weighted by Gasteiger charge is -2.12. The average molecular weight is 321 g/mol. The Balaban J connectivity index is 2.16. The summed E-state index contributed by atoms with van der Waals surface area (Å²) in [6.45, 7) is 6.37. The molecule has 0 aliphatic rings. The lowest BCUT2D eigenvalue weighted by atomic mass is 9.98. The van der Waals surface area contributed by atoms with Gasteiger partial charge in [-0.3, -0.25) is 0 Å². The summed E-state index contributed by atoms with van der Waals surface area (Å²) in [5.41, 5.74) is 2.80. The highest BCUT2D eigenvalue weighted by atomic mass is 16.5. The molecule has 0 bridgehead atoms. The van der Waals surface area contributed by atoms with Crippen molar-refractivity contribution in [2.45, 2.75) is 26.7 Å². The zero-order valence-electron chi connectivity index (χ0n) is 13.9. The lowest BCUT2D eigenvalue weighted by Crippen LogP contribution is -1.97. The van der Waals surface area contributed by atoms with Crippen LogP contribution in [0.1, 0.15) is 36.5 Å². The van der Waals surface area contributed by atoms with Crippen molar-refractivity contribution in [2.24, 2.45) is 0 Å². The van der Waals surface area contributed by atoms with E-state index in [4.69, 9.17) is 15.1 Å². The van der Waals surface area contributed by atoms with Crippen LogP contribution in [0.2, 0.25) is 0 Å². The Morgan fingerprint density at radius 2 is 1.79 bits per heavy atom. The summed E-state index contributed by atoms with van der Waals surface area (Å²) in [5, 5.41) is 17.6. The van der Waals surface area contributed by atoms with Crippen molar-refractivity contribution in [1.82, 2.24) is 0 Å². The molecule has 0 saturated carbocycles. The van der Waals surface area contributed by atoms with Crippen LogP contribution in [-0.2, 0) is 4.79 Å². The fourth-order valence-electron chi connectivity index (χ4n) is 2.44. The molecule has 0 saturated heterocycles. The van der Waals surface area contributed by atoms with E-state index >= 15 is 0 Å². The maximum atomic E-state index is 10.8. The van der Waals surface area contributed by atoms with E-state index < -0.39 is 5.97 Å². The van der Waals surface area contributed by atoms with E-state index in [0.29, 0.717) is 17.2 Å². The minimum Gasteiger partial charge on any atom is -0.477 e. The number of hydrogen-bond donors (Lipinski definition) is 1. The Kier molecular flexibility index (Phi) is 5.39. The number of hydrogen-bond acceptors (Lipinski definition) is 3. The molecule has 0 radical (unpaired) electrons. The Labute approximate surface area is 141 Å². The van der Waals surface area contributed by atoms with Gasteiger partial charge < -0.3 is 9.84 Å². The van der Waals surface area contributed by atoms with E-state index in [1.165, 1.54) is 17.2 Å². The standard InChI is InChI=1S/C20H19NO3/c1-13(2)19-9-8-18(10-14(19)3)24-17-6-4-15(5-7-17)11-16(12-21)20(22)23/h4-11,13H,1-3H3,(H,22,23). The Morgan fingerprint density at radius 3 is 2.29 bits per heavy atom. The van der Waals surface area contributed by atoms with E-state index in [9.17, 15) is 4.79 Å². The largest absolute Gasteiger partial charge is 0.477 e. The summed E-state index contributed by atoms with van der Waals surface area (Å²) < 4.78 is 5.83. The molecule has 0 amide bonds. The van der Waals surface area contributed by atoms with Gasteiger partial charge in [-0.2, -0.15) is 5.26 Å². The SMILES string of the molecule is Cc1cc(Oc2ccc(C=C(C#N)C(=O)O)cc2)ccc1C(C)C. The van der Waals surface area contributed by atoms with Gasteiger partial charge in [-0.05, 0) is 59.9 Å². The fraction of sp³-hybridized carbons (Fsp3) is 0.200. The van der Waals surface area contributed by atoms with Crippen molar-refractivity contribution >= 4 is 12.0 Å². The number of aliphatic carboxylic acids is 1. The molecule has 0 spiro atoms. The predicted molar refractivity (Wildman–Crippen MR) is 93.0 cm³/mol. The molecule has 0 aromatic heterocycles. The molecule has 0 aliphatic heterocycles. The fourth-order valence-corrected chi connectivity index (χ4v) is 2.44. The van der Waals surface area contributed by atoms with Crippen LogP contribution in [-0.4, -0.2) is 11.1 Å². The molecule has 1 N–H and O–H groups in total. The summed E-state index contributed by atoms with van der Waals surface area (Å²) in [7, 11) is 0. The summed E-state index contributed by atoms with van der Waals surface area (Å²) in [6, 6.07) is 14.6. The number of carbonyl (C=O) groups is 1. The van der Waals surface area contributed by atoms with Crippen LogP contribution in [0.3, 0.4) is 0 Å². The van der Waals surface area contributed by atoms with Crippen LogP contribution in [0.4, 0.5) is 0 Å². The molecule has 0 aliphatic carbocycles. The van der Waals surface area contributed by atoms with Gasteiger partial charge in [-0.25, -0.2) is 4.79 Å². The first-order valence-corrected chi connectivity index (χ1v) is 7.64. The van der Waals surface area contributed by atoms with Crippen LogP contribution in [0.15, 0.2) is 48.0 Å². The van der Waals surface area contributed by atoms with Crippen LogP contribution >= 0.6 is 0 Å². The van der Waals surface area contributed by atoms with Gasteiger partial charge in [0.25, 0.3) is 0 Å². The molecule has 2 aromatic rings. The van der Waals surface area contributed by atoms with E-state index in [1.807, 2.05) is 12.1 Å². The minimum absolute atomic E-state index is 0.302. The van der Waals surface area contributed by atoms with E-state index in [2.05, 4.69) is 26.8 Å². The van der Waals surface area contributed by atoms with Gasteiger partial charge in [0.1, 0.15) is 23.1 Å². The van der Waals surface area contributed by atoms with Gasteiger partial charge in [0.15, 0.2) is 0 Å². The second-order valence-corrected chi connectivity index (χ2v) is 5.82. The van der Waals surface area contributed by atoms with Gasteiger partial charge in [-0.1, -0.05) is 32.0 Å². The molecule has 0 heterocycles. The zero-order valence-corrected chi connectivity index (χ0v) is 13.9. The Morgan fingerprint density at radius 1 is 1.17 bits per heavy atom. The topological polar surface area (TPSA) is 70.3 Å². The third-order valence-electron chi connectivity index (χ3n) is 3.64. The maximum Gasteiger partial charge on any atom is 0.346 e. The third kappa shape index (κ3) is 4.23. The number of carboxylic acid groups (broad SMARTS) is 1. The van der Waals surface area contributed by atoms with Crippen LogP contribution in [0, 0.1) is 18.3 Å². The lowest BCUT2D eigenvalue weighted by molar-refractivity contribution is -0.132. The number of aryl methyl sites for hydroxylation is 1. The third-order valence-corrected chi connectivity index (χ3v) is 3.64. The van der Waals surface area contributed by atoms with Gasteiger partial charge >= 0.3 is 5.97 Å². The van der Waals surface area contributed by atoms with Gasteiger partial charge in [0.05, 0.1) is 0 Å². The van der Waals surface area contributed by atoms with Crippen molar-refractivity contribution in [1.29, 1.82) is 5.26 Å². The van der Waals surface area contributed by atoms with Crippen LogP contribution in [0.5, 0.6) is 11.5 Å². The van der Waals surface area contributed by atoms with Gasteiger partial charge in [0, 0.05) is 0 Å². The van der Waals surface area contributed by atoms with Crippen molar-refractivity contribution in [3.63, 3.8) is 0 Å². The molecule has 0 fully saturated rings. The van der Waals surface area contributed by atoms with E-state index in [0.717, 1.165) is 5.75 Å². The average Bonchev–Trinajstić information content (AvgIpc) is 2.53. The van der Waals surface area contributed by atoms with Gasteiger partial charge in [-0.15, -0.1) is 0 Å². The minimum atomic E-state index is -1.24. The summed E-state index contributed by atoms with van der Waals surface area (Å²) in [4.78, 5) is 10.8. The highest BCUT2D eigenvalue weighted by Crippen LogP contribution is 2.27. The summed E-state index contributed by atoms with van der Waals surface area (Å²) in [5.74, 6) is 0.633. The number of nitriles is 1. The van der Waals surface area contributed by atoms with Crippen LogP contribution in [0.25, 0.3) is 6.08 Å². The molecule has 0 atom stereocenters. The molecular formula is C20H19NO3. The summed E-state index contributed by atoms with van der Waals surface area (Å²) in [6.07, 6.45) is 1.33. The number of nitrogens with zero attached hydrogens (tertiary/aromatic N) is 1. The molecule has 122 valence electrons. The Bertz CT molecular complexity index is 812. The molecule has 24 heavy (non-hydrogen) atoms. The van der Waals surface area contributed by atoms with Crippen LogP contribution < -0.4 is 4.74 Å². The quantitative estimate of drug-likeness (QED) is 0.628. The van der Waals surface area contributed by atoms with Crippen molar-refractivity contribution < 1.29 is 14.6 Å².